The van der Waals surface area contributed by atoms with Gasteiger partial charge in [-0.15, -0.1) is 10.2 Å². The van der Waals surface area contributed by atoms with Crippen molar-refractivity contribution in [3.05, 3.63) is 62.8 Å². The Labute approximate surface area is 194 Å². The van der Waals surface area contributed by atoms with E-state index < -0.39 is 17.1 Å². The molecule has 1 amide bonds. The third-order valence-corrected chi connectivity index (χ3v) is 6.87. The van der Waals surface area contributed by atoms with Crippen molar-refractivity contribution in [2.45, 2.75) is 45.4 Å². The summed E-state index contributed by atoms with van der Waals surface area (Å²) in [4.78, 5) is 27.8. The van der Waals surface area contributed by atoms with Crippen LogP contribution in [-0.4, -0.2) is 56.5 Å². The average molecular weight is 473 g/mol. The minimum absolute atomic E-state index is 0.0475. The van der Waals surface area contributed by atoms with Crippen molar-refractivity contribution in [3.8, 4) is 16.3 Å². The Balaban J connectivity index is 1.77. The zero-order chi connectivity index (χ0) is 23.9. The van der Waals surface area contributed by atoms with Crippen molar-refractivity contribution in [1.29, 1.82) is 0 Å². The van der Waals surface area contributed by atoms with Gasteiger partial charge in [-0.25, -0.2) is 4.39 Å². The maximum Gasteiger partial charge on any atom is 0.274 e. The maximum absolute atomic E-state index is 13.2. The second-order valence-corrected chi connectivity index (χ2v) is 9.40. The number of aromatic nitrogens is 3. The van der Waals surface area contributed by atoms with E-state index in [0.717, 1.165) is 5.56 Å². The van der Waals surface area contributed by atoms with E-state index in [1.165, 1.54) is 23.5 Å². The number of fused-ring (bicyclic) bond motifs is 1. The third-order valence-electron chi connectivity index (χ3n) is 5.92. The van der Waals surface area contributed by atoms with Gasteiger partial charge in [-0.3, -0.25) is 9.59 Å². The first-order valence-electron chi connectivity index (χ1n) is 10.6. The van der Waals surface area contributed by atoms with Crippen LogP contribution in [0.1, 0.15) is 47.9 Å². The molecule has 0 unspecified atom stereocenters. The van der Waals surface area contributed by atoms with Gasteiger partial charge >= 0.3 is 0 Å². The van der Waals surface area contributed by atoms with Crippen LogP contribution in [0.2, 0.25) is 0 Å². The molecule has 0 aliphatic carbocycles. The summed E-state index contributed by atoms with van der Waals surface area (Å²) in [5, 5.41) is 20.1. The number of hydrogen-bond acceptors (Lipinski definition) is 7. The van der Waals surface area contributed by atoms with Gasteiger partial charge < -0.3 is 19.3 Å². The van der Waals surface area contributed by atoms with Gasteiger partial charge in [0.15, 0.2) is 16.5 Å². The summed E-state index contributed by atoms with van der Waals surface area (Å²) in [5.74, 6) is -1.33. The lowest BCUT2D eigenvalue weighted by Crippen LogP contribution is -2.50. The van der Waals surface area contributed by atoms with Crippen molar-refractivity contribution in [3.63, 3.8) is 0 Å². The summed E-state index contributed by atoms with van der Waals surface area (Å²) in [6.07, 6.45) is 1.72. The molecule has 0 saturated carbocycles. The van der Waals surface area contributed by atoms with Crippen LogP contribution in [0.3, 0.4) is 0 Å². The number of rotatable bonds is 6. The van der Waals surface area contributed by atoms with Crippen molar-refractivity contribution in [2.75, 3.05) is 13.7 Å². The zero-order valence-corrected chi connectivity index (χ0v) is 19.6. The van der Waals surface area contributed by atoms with Crippen LogP contribution in [0.4, 0.5) is 4.39 Å². The quantitative estimate of drug-likeness (QED) is 0.592. The minimum atomic E-state index is -0.673. The van der Waals surface area contributed by atoms with Crippen LogP contribution in [-0.2, 0) is 11.2 Å². The molecule has 33 heavy (non-hydrogen) atoms. The highest BCUT2D eigenvalue weighted by Crippen LogP contribution is 2.33. The number of carbonyl (C=O) groups excluding carboxylic acids is 1. The SMILES string of the molecule is CO[C@H](C)[C@H]1CN(C(C)C)C(=O)c2c(O)c(=O)c(-c3nnc(Cc4ccc(F)cc4)s3)cn21. The molecule has 10 heteroatoms. The lowest BCUT2D eigenvalue weighted by atomic mass is 10.0. The number of ether oxygens (including phenoxy) is 1. The number of hydrogen-bond donors (Lipinski definition) is 1. The number of nitrogens with zero attached hydrogens (tertiary/aromatic N) is 4. The van der Waals surface area contributed by atoms with Crippen LogP contribution >= 0.6 is 11.3 Å². The monoisotopic (exact) mass is 472 g/mol. The largest absolute Gasteiger partial charge is 0.503 e. The molecule has 3 aromatic rings. The van der Waals surface area contributed by atoms with Crippen molar-refractivity contribution in [1.82, 2.24) is 19.7 Å². The standard InChI is InChI=1S/C23H25FN4O4S/c1-12(2)27-11-17(13(3)32-4)28-10-16(20(29)21(30)19(28)23(27)31)22-26-25-18(33-22)9-14-5-7-15(24)8-6-14/h5-8,10,12-13,17,30H,9,11H2,1-4H3/t13-,17-/m1/s1. The molecule has 1 aromatic carbocycles. The number of benzene rings is 1. The summed E-state index contributed by atoms with van der Waals surface area (Å²) in [7, 11) is 1.58. The van der Waals surface area contributed by atoms with E-state index >= 15 is 0 Å². The molecule has 3 heterocycles. The predicted octanol–water partition coefficient (Wildman–Crippen LogP) is 3.24. The van der Waals surface area contributed by atoms with Crippen LogP contribution in [0.5, 0.6) is 5.75 Å². The number of methoxy groups -OCH3 is 1. The lowest BCUT2D eigenvalue weighted by molar-refractivity contribution is 0.0274. The Morgan fingerprint density at radius 3 is 2.55 bits per heavy atom. The van der Waals surface area contributed by atoms with Crippen LogP contribution < -0.4 is 5.43 Å². The number of halogens is 1. The molecule has 0 radical (unpaired) electrons. The molecule has 8 nitrogen and oxygen atoms in total. The highest BCUT2D eigenvalue weighted by atomic mass is 32.1. The van der Waals surface area contributed by atoms with Gasteiger partial charge in [0.2, 0.25) is 5.43 Å². The number of pyridine rings is 1. The Kier molecular flexibility index (Phi) is 6.31. The second-order valence-electron chi connectivity index (χ2n) is 8.34. The van der Waals surface area contributed by atoms with E-state index in [0.29, 0.717) is 23.0 Å². The minimum Gasteiger partial charge on any atom is -0.503 e. The fourth-order valence-corrected chi connectivity index (χ4v) is 4.82. The topological polar surface area (TPSA) is 97.6 Å². The lowest BCUT2D eigenvalue weighted by Gasteiger charge is -2.40. The van der Waals surface area contributed by atoms with Gasteiger partial charge in [0.25, 0.3) is 5.91 Å². The van der Waals surface area contributed by atoms with E-state index in [9.17, 15) is 19.1 Å². The third kappa shape index (κ3) is 4.28. The van der Waals surface area contributed by atoms with Gasteiger partial charge in [-0.1, -0.05) is 23.5 Å². The highest BCUT2D eigenvalue weighted by Gasteiger charge is 2.38. The van der Waals surface area contributed by atoms with E-state index in [-0.39, 0.29) is 35.3 Å². The van der Waals surface area contributed by atoms with Crippen LogP contribution in [0, 0.1) is 5.82 Å². The normalized spacial score (nSPS) is 16.8. The van der Waals surface area contributed by atoms with E-state index in [2.05, 4.69) is 10.2 Å². The number of amides is 1. The summed E-state index contributed by atoms with van der Waals surface area (Å²) in [5.41, 5.74) is 0.304. The van der Waals surface area contributed by atoms with Crippen molar-refractivity contribution < 1.29 is 19.0 Å². The first-order valence-corrected chi connectivity index (χ1v) is 11.4. The fraction of sp³-hybridized carbons (Fsp3) is 0.391. The molecular weight excluding hydrogens is 447 g/mol. The molecule has 1 N–H and O–H groups in total. The first kappa shape index (κ1) is 23.1. The Bertz CT molecular complexity index is 1240. The molecular formula is C23H25FN4O4S. The zero-order valence-electron chi connectivity index (χ0n) is 18.8. The van der Waals surface area contributed by atoms with Gasteiger partial charge in [-0.2, -0.15) is 0 Å². The van der Waals surface area contributed by atoms with Crippen LogP contribution in [0.15, 0.2) is 35.3 Å². The molecule has 4 rings (SSSR count). The van der Waals surface area contributed by atoms with Gasteiger partial charge in [0, 0.05) is 32.3 Å². The molecule has 2 aromatic heterocycles. The van der Waals surface area contributed by atoms with Gasteiger partial charge in [0.1, 0.15) is 10.8 Å². The molecule has 174 valence electrons. The molecule has 2 atom stereocenters. The van der Waals surface area contributed by atoms with E-state index in [1.807, 2.05) is 20.8 Å². The Morgan fingerprint density at radius 2 is 1.91 bits per heavy atom. The fourth-order valence-electron chi connectivity index (χ4n) is 3.94. The first-order chi connectivity index (χ1) is 15.7. The second kappa shape index (κ2) is 9.03. The molecule has 0 bridgehead atoms. The average Bonchev–Trinajstić information content (AvgIpc) is 3.25. The number of aromatic hydroxyl groups is 1. The smallest absolute Gasteiger partial charge is 0.274 e. The highest BCUT2D eigenvalue weighted by molar-refractivity contribution is 7.14. The van der Waals surface area contributed by atoms with Gasteiger partial charge in [-0.05, 0) is 38.5 Å². The molecule has 1 aliphatic rings. The summed E-state index contributed by atoms with van der Waals surface area (Å²) < 4.78 is 20.3. The molecule has 1 aliphatic heterocycles. The maximum atomic E-state index is 13.2. The molecule has 0 saturated heterocycles. The van der Waals surface area contributed by atoms with Crippen molar-refractivity contribution in [2.24, 2.45) is 0 Å². The van der Waals surface area contributed by atoms with Gasteiger partial charge in [0.05, 0.1) is 17.7 Å². The Hall–Kier alpha value is -3.11. The summed E-state index contributed by atoms with van der Waals surface area (Å²) in [6, 6.07) is 5.67. The Morgan fingerprint density at radius 1 is 1.21 bits per heavy atom. The van der Waals surface area contributed by atoms with E-state index in [1.54, 1.807) is 34.9 Å². The van der Waals surface area contributed by atoms with Crippen LogP contribution in [0.25, 0.3) is 10.6 Å². The predicted molar refractivity (Wildman–Crippen MR) is 122 cm³/mol. The summed E-state index contributed by atoms with van der Waals surface area (Å²) in [6.45, 7) is 6.03. The summed E-state index contributed by atoms with van der Waals surface area (Å²) >= 11 is 1.21. The number of carbonyl (C=O) groups is 1. The van der Waals surface area contributed by atoms with E-state index in [4.69, 9.17) is 4.74 Å². The molecule has 0 spiro atoms. The molecule has 0 fully saturated rings. The van der Waals surface area contributed by atoms with Crippen molar-refractivity contribution >= 4 is 17.2 Å².